The Balaban J connectivity index is 2.01. The van der Waals surface area contributed by atoms with Gasteiger partial charge in [-0.2, -0.15) is 5.10 Å². The normalized spacial score (nSPS) is 16.0. The third kappa shape index (κ3) is 3.96. The maximum Gasteiger partial charge on any atom is 0.410 e. The van der Waals surface area contributed by atoms with E-state index in [1.165, 1.54) is 0 Å². The summed E-state index contributed by atoms with van der Waals surface area (Å²) in [6, 6.07) is 0. The third-order valence-corrected chi connectivity index (χ3v) is 3.61. The highest BCUT2D eigenvalue weighted by atomic mass is 79.9. The van der Waals surface area contributed by atoms with Gasteiger partial charge in [-0.1, -0.05) is 0 Å². The number of halogens is 1. The van der Waals surface area contributed by atoms with Gasteiger partial charge in [0.2, 0.25) is 0 Å². The summed E-state index contributed by atoms with van der Waals surface area (Å²) in [5.41, 5.74) is -0.191. The first kappa shape index (κ1) is 15.8. The van der Waals surface area contributed by atoms with Gasteiger partial charge in [0.05, 0.1) is 10.7 Å². The number of H-pyrrole nitrogens is 1. The molecule has 1 aliphatic rings. The van der Waals surface area contributed by atoms with Crippen molar-refractivity contribution in [1.82, 2.24) is 15.1 Å². The van der Waals surface area contributed by atoms with Crippen molar-refractivity contribution in [3.8, 4) is 0 Å². The molecule has 1 amide bonds. The number of anilines is 1. The van der Waals surface area contributed by atoms with Gasteiger partial charge in [-0.15, -0.1) is 0 Å². The van der Waals surface area contributed by atoms with Crippen LogP contribution in [0.15, 0.2) is 15.5 Å². The number of carbonyl (C=O) groups is 1. The van der Waals surface area contributed by atoms with Crippen LogP contribution in [0.3, 0.4) is 0 Å². The fourth-order valence-electron chi connectivity index (χ4n) is 2.10. The van der Waals surface area contributed by atoms with Crippen LogP contribution in [0.25, 0.3) is 0 Å². The monoisotopic (exact) mass is 358 g/mol. The summed E-state index contributed by atoms with van der Waals surface area (Å²) in [7, 11) is 0. The van der Waals surface area contributed by atoms with Gasteiger partial charge in [-0.05, 0) is 36.7 Å². The molecule has 8 heteroatoms. The van der Waals surface area contributed by atoms with Crippen molar-refractivity contribution in [2.75, 3.05) is 31.1 Å². The molecule has 1 fully saturated rings. The molecular weight excluding hydrogens is 340 g/mol. The molecular formula is C13H19BrN4O3. The minimum atomic E-state index is -0.501. The standard InChI is InChI=1S/C13H19BrN4O3/c1-13(2,3)21-12(20)18-6-4-17(5-7-18)10-9(14)8-15-16-11(10)19/h8H,4-7H2,1-3H3,(H,16,19). The van der Waals surface area contributed by atoms with Crippen molar-refractivity contribution in [1.29, 1.82) is 0 Å². The number of ether oxygens (including phenoxy) is 1. The average Bonchev–Trinajstić information content (AvgIpc) is 2.37. The van der Waals surface area contributed by atoms with Crippen LogP contribution in [0, 0.1) is 0 Å². The first-order valence-electron chi connectivity index (χ1n) is 6.74. The van der Waals surface area contributed by atoms with Gasteiger partial charge in [0.15, 0.2) is 0 Å². The highest BCUT2D eigenvalue weighted by molar-refractivity contribution is 9.10. The van der Waals surface area contributed by atoms with Crippen molar-refractivity contribution in [3.05, 3.63) is 21.0 Å². The number of hydrogen-bond acceptors (Lipinski definition) is 5. The number of rotatable bonds is 1. The van der Waals surface area contributed by atoms with Gasteiger partial charge in [-0.25, -0.2) is 9.89 Å². The summed E-state index contributed by atoms with van der Waals surface area (Å²) in [5, 5.41) is 6.15. The molecule has 0 unspecified atom stereocenters. The SMILES string of the molecule is CC(C)(C)OC(=O)N1CCN(c2c(Br)cn[nH]c2=O)CC1. The van der Waals surface area contributed by atoms with Crippen LogP contribution in [0.1, 0.15) is 20.8 Å². The van der Waals surface area contributed by atoms with E-state index in [4.69, 9.17) is 4.74 Å². The summed E-state index contributed by atoms with van der Waals surface area (Å²) in [4.78, 5) is 27.4. The first-order chi connectivity index (χ1) is 9.78. The lowest BCUT2D eigenvalue weighted by molar-refractivity contribution is 0.0240. The number of nitrogens with zero attached hydrogens (tertiary/aromatic N) is 3. The lowest BCUT2D eigenvalue weighted by Gasteiger charge is -2.36. The van der Waals surface area contributed by atoms with E-state index < -0.39 is 5.60 Å². The van der Waals surface area contributed by atoms with Crippen molar-refractivity contribution in [2.24, 2.45) is 0 Å². The molecule has 7 nitrogen and oxygen atoms in total. The van der Waals surface area contributed by atoms with E-state index in [2.05, 4.69) is 26.1 Å². The largest absolute Gasteiger partial charge is 0.444 e. The zero-order chi connectivity index (χ0) is 15.6. The number of aromatic nitrogens is 2. The Bertz CT molecular complexity index is 574. The van der Waals surface area contributed by atoms with Crippen molar-refractivity contribution in [2.45, 2.75) is 26.4 Å². The molecule has 0 aromatic carbocycles. The summed E-state index contributed by atoms with van der Waals surface area (Å²) in [5.74, 6) is 0. The Hall–Kier alpha value is -1.57. The van der Waals surface area contributed by atoms with Crippen LogP contribution < -0.4 is 10.5 Å². The second-order valence-electron chi connectivity index (χ2n) is 5.85. The molecule has 1 aromatic rings. The van der Waals surface area contributed by atoms with Gasteiger partial charge >= 0.3 is 6.09 Å². The molecule has 1 saturated heterocycles. The zero-order valence-electron chi connectivity index (χ0n) is 12.4. The van der Waals surface area contributed by atoms with Gasteiger partial charge < -0.3 is 14.5 Å². The van der Waals surface area contributed by atoms with E-state index in [0.717, 1.165) is 0 Å². The van der Waals surface area contributed by atoms with Crippen LogP contribution in [-0.2, 0) is 4.74 Å². The van der Waals surface area contributed by atoms with Crippen LogP contribution >= 0.6 is 15.9 Å². The topological polar surface area (TPSA) is 78.5 Å². The minimum absolute atomic E-state index is 0.241. The number of carbonyl (C=O) groups excluding carboxylic acids is 1. The van der Waals surface area contributed by atoms with E-state index in [-0.39, 0.29) is 11.7 Å². The smallest absolute Gasteiger partial charge is 0.410 e. The molecule has 21 heavy (non-hydrogen) atoms. The average molecular weight is 359 g/mol. The maximum atomic E-state index is 12.0. The predicted molar refractivity (Wildman–Crippen MR) is 82.6 cm³/mol. The molecule has 0 aliphatic carbocycles. The molecule has 2 heterocycles. The van der Waals surface area contributed by atoms with E-state index in [9.17, 15) is 9.59 Å². The summed E-state index contributed by atoms with van der Waals surface area (Å²) in [6.45, 7) is 7.71. The Labute approximate surface area is 131 Å². The summed E-state index contributed by atoms with van der Waals surface area (Å²) >= 11 is 3.34. The van der Waals surface area contributed by atoms with Crippen molar-refractivity contribution >= 4 is 27.7 Å². The molecule has 116 valence electrons. The molecule has 2 rings (SSSR count). The Morgan fingerprint density at radius 1 is 1.33 bits per heavy atom. The predicted octanol–water partition coefficient (Wildman–Crippen LogP) is 1.59. The molecule has 0 radical (unpaired) electrons. The second-order valence-corrected chi connectivity index (χ2v) is 6.70. The number of aromatic amines is 1. The van der Waals surface area contributed by atoms with Crippen LogP contribution in [-0.4, -0.2) is 53.0 Å². The van der Waals surface area contributed by atoms with E-state index in [1.807, 2.05) is 25.7 Å². The number of amides is 1. The van der Waals surface area contributed by atoms with Crippen LogP contribution in [0.2, 0.25) is 0 Å². The van der Waals surface area contributed by atoms with E-state index >= 15 is 0 Å². The number of piperazine rings is 1. The highest BCUT2D eigenvalue weighted by Crippen LogP contribution is 2.22. The zero-order valence-corrected chi connectivity index (χ0v) is 13.9. The van der Waals surface area contributed by atoms with Crippen LogP contribution in [0.4, 0.5) is 10.5 Å². The van der Waals surface area contributed by atoms with Gasteiger partial charge in [0, 0.05) is 26.2 Å². The number of hydrogen-bond donors (Lipinski definition) is 1. The van der Waals surface area contributed by atoms with E-state index in [0.29, 0.717) is 36.3 Å². The van der Waals surface area contributed by atoms with Crippen LogP contribution in [0.5, 0.6) is 0 Å². The fourth-order valence-corrected chi connectivity index (χ4v) is 2.64. The molecule has 1 N–H and O–H groups in total. The van der Waals surface area contributed by atoms with Gasteiger partial charge in [0.25, 0.3) is 5.56 Å². The molecule has 1 aliphatic heterocycles. The molecule has 0 bridgehead atoms. The summed E-state index contributed by atoms with van der Waals surface area (Å²) in [6.07, 6.45) is 1.24. The molecule has 0 atom stereocenters. The number of nitrogens with one attached hydrogen (secondary N) is 1. The quantitative estimate of drug-likeness (QED) is 0.824. The lowest BCUT2D eigenvalue weighted by atomic mass is 10.2. The molecule has 0 spiro atoms. The Morgan fingerprint density at radius 3 is 2.48 bits per heavy atom. The van der Waals surface area contributed by atoms with E-state index in [1.54, 1.807) is 11.1 Å². The maximum absolute atomic E-state index is 12.0. The third-order valence-electron chi connectivity index (χ3n) is 3.03. The highest BCUT2D eigenvalue weighted by Gasteiger charge is 2.27. The Morgan fingerprint density at radius 2 is 1.95 bits per heavy atom. The lowest BCUT2D eigenvalue weighted by Crippen LogP contribution is -2.51. The molecule has 0 saturated carbocycles. The van der Waals surface area contributed by atoms with Gasteiger partial charge in [-0.3, -0.25) is 4.79 Å². The van der Waals surface area contributed by atoms with Crippen molar-refractivity contribution < 1.29 is 9.53 Å². The minimum Gasteiger partial charge on any atom is -0.444 e. The fraction of sp³-hybridized carbons (Fsp3) is 0.615. The molecule has 1 aromatic heterocycles. The summed E-state index contributed by atoms with van der Waals surface area (Å²) < 4.78 is 6.00. The Kier molecular flexibility index (Phi) is 4.55. The first-order valence-corrected chi connectivity index (χ1v) is 7.53. The van der Waals surface area contributed by atoms with Gasteiger partial charge in [0.1, 0.15) is 11.3 Å². The second kappa shape index (κ2) is 6.05. The van der Waals surface area contributed by atoms with Crippen molar-refractivity contribution in [3.63, 3.8) is 0 Å².